The van der Waals surface area contributed by atoms with Gasteiger partial charge in [-0.3, -0.25) is 9.78 Å². The van der Waals surface area contributed by atoms with Crippen LogP contribution < -0.4 is 0 Å². The number of carbonyl (C=O) groups excluding carboxylic acids is 1. The lowest BCUT2D eigenvalue weighted by Crippen LogP contribution is -2.06. The van der Waals surface area contributed by atoms with Crippen LogP contribution in [0.15, 0.2) is 41.0 Å². The standard InChI is InChI=1S/C14H11BrFNO/c1-9-2-3-10(8-17-9)14(18)7-11-6-12(15)4-5-13(11)16/h2-6,8H,7H2,1H3. The molecule has 0 radical (unpaired) electrons. The van der Waals surface area contributed by atoms with Crippen molar-refractivity contribution in [2.24, 2.45) is 0 Å². The van der Waals surface area contributed by atoms with E-state index in [2.05, 4.69) is 20.9 Å². The average Bonchev–Trinajstić information content (AvgIpc) is 2.34. The molecule has 18 heavy (non-hydrogen) atoms. The summed E-state index contributed by atoms with van der Waals surface area (Å²) < 4.78 is 14.3. The molecule has 0 amide bonds. The molecule has 0 fully saturated rings. The summed E-state index contributed by atoms with van der Waals surface area (Å²) in [4.78, 5) is 16.0. The van der Waals surface area contributed by atoms with Gasteiger partial charge in [0.2, 0.25) is 0 Å². The Hall–Kier alpha value is -1.55. The maximum Gasteiger partial charge on any atom is 0.168 e. The van der Waals surface area contributed by atoms with E-state index in [1.165, 1.54) is 12.3 Å². The Bertz CT molecular complexity index is 581. The highest BCUT2D eigenvalue weighted by Gasteiger charge is 2.11. The van der Waals surface area contributed by atoms with Crippen molar-refractivity contribution in [3.05, 3.63) is 63.6 Å². The molecule has 0 N–H and O–H groups in total. The first kappa shape index (κ1) is 12.9. The molecule has 0 saturated carbocycles. The van der Waals surface area contributed by atoms with Crippen molar-refractivity contribution in [2.75, 3.05) is 0 Å². The van der Waals surface area contributed by atoms with E-state index in [0.717, 1.165) is 10.2 Å². The largest absolute Gasteiger partial charge is 0.294 e. The average molecular weight is 308 g/mol. The van der Waals surface area contributed by atoms with Crippen molar-refractivity contribution in [2.45, 2.75) is 13.3 Å². The molecule has 0 spiro atoms. The van der Waals surface area contributed by atoms with Gasteiger partial charge in [0.15, 0.2) is 5.78 Å². The number of ketones is 1. The van der Waals surface area contributed by atoms with E-state index >= 15 is 0 Å². The second kappa shape index (κ2) is 5.40. The number of aryl methyl sites for hydroxylation is 1. The Kier molecular flexibility index (Phi) is 3.87. The smallest absolute Gasteiger partial charge is 0.168 e. The number of hydrogen-bond donors (Lipinski definition) is 0. The highest BCUT2D eigenvalue weighted by molar-refractivity contribution is 9.10. The molecule has 0 aliphatic heterocycles. The third-order valence-electron chi connectivity index (χ3n) is 2.59. The van der Waals surface area contributed by atoms with Crippen LogP contribution in [0.5, 0.6) is 0 Å². The molecule has 1 aromatic carbocycles. The number of halogens is 2. The van der Waals surface area contributed by atoms with Crippen LogP contribution in [0, 0.1) is 12.7 Å². The van der Waals surface area contributed by atoms with Crippen LogP contribution in [0.4, 0.5) is 4.39 Å². The molecule has 2 aromatic rings. The molecule has 4 heteroatoms. The summed E-state index contributed by atoms with van der Waals surface area (Å²) in [5.41, 5.74) is 1.73. The van der Waals surface area contributed by atoms with Gasteiger partial charge >= 0.3 is 0 Å². The van der Waals surface area contributed by atoms with E-state index in [9.17, 15) is 9.18 Å². The number of carbonyl (C=O) groups is 1. The zero-order chi connectivity index (χ0) is 13.1. The van der Waals surface area contributed by atoms with Crippen LogP contribution in [0.25, 0.3) is 0 Å². The summed E-state index contributed by atoms with van der Waals surface area (Å²) in [6, 6.07) is 8.05. The number of aromatic nitrogens is 1. The third-order valence-corrected chi connectivity index (χ3v) is 3.09. The van der Waals surface area contributed by atoms with Gasteiger partial charge in [0.25, 0.3) is 0 Å². The van der Waals surface area contributed by atoms with Gasteiger partial charge in [-0.25, -0.2) is 4.39 Å². The van der Waals surface area contributed by atoms with Crippen LogP contribution in [0.3, 0.4) is 0 Å². The molecular weight excluding hydrogens is 297 g/mol. The van der Waals surface area contributed by atoms with E-state index in [1.807, 2.05) is 6.92 Å². The minimum Gasteiger partial charge on any atom is -0.294 e. The summed E-state index contributed by atoms with van der Waals surface area (Å²) >= 11 is 3.26. The van der Waals surface area contributed by atoms with E-state index in [-0.39, 0.29) is 18.0 Å². The minimum atomic E-state index is -0.369. The normalized spacial score (nSPS) is 10.4. The minimum absolute atomic E-state index is 0.0377. The van der Waals surface area contributed by atoms with E-state index in [0.29, 0.717) is 11.1 Å². The van der Waals surface area contributed by atoms with Crippen LogP contribution in [0.1, 0.15) is 21.6 Å². The van der Waals surface area contributed by atoms with Gasteiger partial charge in [-0.15, -0.1) is 0 Å². The van der Waals surface area contributed by atoms with Gasteiger partial charge < -0.3 is 0 Å². The first-order valence-corrected chi connectivity index (χ1v) is 6.25. The summed E-state index contributed by atoms with van der Waals surface area (Å²) in [6.45, 7) is 1.85. The zero-order valence-electron chi connectivity index (χ0n) is 9.78. The van der Waals surface area contributed by atoms with E-state index in [1.54, 1.807) is 24.3 Å². The van der Waals surface area contributed by atoms with Crippen molar-refractivity contribution < 1.29 is 9.18 Å². The molecule has 0 atom stereocenters. The number of pyridine rings is 1. The molecule has 2 rings (SSSR count). The summed E-state index contributed by atoms with van der Waals surface area (Å²) in [7, 11) is 0. The molecule has 0 bridgehead atoms. The maximum atomic E-state index is 13.5. The molecule has 92 valence electrons. The van der Waals surface area contributed by atoms with Gasteiger partial charge in [-0.05, 0) is 42.8 Å². The first-order chi connectivity index (χ1) is 8.56. The van der Waals surface area contributed by atoms with Gasteiger partial charge in [0.1, 0.15) is 5.82 Å². The first-order valence-electron chi connectivity index (χ1n) is 5.46. The van der Waals surface area contributed by atoms with Crippen LogP contribution >= 0.6 is 15.9 Å². The van der Waals surface area contributed by atoms with Crippen LogP contribution in [-0.2, 0) is 6.42 Å². The lowest BCUT2D eigenvalue weighted by molar-refractivity contribution is 0.0991. The molecule has 0 saturated heterocycles. The number of Topliss-reactive ketones (excluding diaryl/α,β-unsaturated/α-hetero) is 1. The lowest BCUT2D eigenvalue weighted by atomic mass is 10.0. The molecule has 2 nitrogen and oxygen atoms in total. The molecule has 0 unspecified atom stereocenters. The summed E-state index contributed by atoms with van der Waals surface area (Å²) in [6.07, 6.45) is 1.56. The Morgan fingerprint density at radius 2 is 2.11 bits per heavy atom. The Labute approximate surface area is 113 Å². The van der Waals surface area contributed by atoms with Crippen molar-refractivity contribution in [1.29, 1.82) is 0 Å². The zero-order valence-corrected chi connectivity index (χ0v) is 11.4. The highest BCUT2D eigenvalue weighted by atomic mass is 79.9. The number of hydrogen-bond acceptors (Lipinski definition) is 2. The fourth-order valence-corrected chi connectivity index (χ4v) is 2.00. The molecule has 0 aliphatic carbocycles. The van der Waals surface area contributed by atoms with Crippen molar-refractivity contribution in [3.63, 3.8) is 0 Å². The van der Waals surface area contributed by atoms with Crippen molar-refractivity contribution in [1.82, 2.24) is 4.98 Å². The van der Waals surface area contributed by atoms with Crippen LogP contribution in [0.2, 0.25) is 0 Å². The highest BCUT2D eigenvalue weighted by Crippen LogP contribution is 2.17. The van der Waals surface area contributed by atoms with E-state index in [4.69, 9.17) is 0 Å². The Morgan fingerprint density at radius 1 is 1.33 bits per heavy atom. The lowest BCUT2D eigenvalue weighted by Gasteiger charge is -2.04. The molecule has 0 aliphatic rings. The van der Waals surface area contributed by atoms with Gasteiger partial charge in [-0.2, -0.15) is 0 Å². The predicted molar refractivity (Wildman–Crippen MR) is 71.1 cm³/mol. The topological polar surface area (TPSA) is 30.0 Å². The van der Waals surface area contributed by atoms with Gasteiger partial charge in [-0.1, -0.05) is 15.9 Å². The fourth-order valence-electron chi connectivity index (χ4n) is 1.59. The monoisotopic (exact) mass is 307 g/mol. The molecule has 1 heterocycles. The molecule has 1 aromatic heterocycles. The third kappa shape index (κ3) is 3.01. The SMILES string of the molecule is Cc1ccc(C(=O)Cc2cc(Br)ccc2F)cn1. The number of benzene rings is 1. The quantitative estimate of drug-likeness (QED) is 0.809. The number of rotatable bonds is 3. The summed E-state index contributed by atoms with van der Waals surface area (Å²) in [5.74, 6) is -0.508. The molecular formula is C14H11BrFNO. The maximum absolute atomic E-state index is 13.5. The van der Waals surface area contributed by atoms with Gasteiger partial charge in [0, 0.05) is 28.3 Å². The fraction of sp³-hybridized carbons (Fsp3) is 0.143. The van der Waals surface area contributed by atoms with Gasteiger partial charge in [0.05, 0.1) is 0 Å². The van der Waals surface area contributed by atoms with Crippen molar-refractivity contribution >= 4 is 21.7 Å². The van der Waals surface area contributed by atoms with E-state index < -0.39 is 0 Å². The Balaban J connectivity index is 2.21. The second-order valence-electron chi connectivity index (χ2n) is 4.02. The van der Waals surface area contributed by atoms with Crippen molar-refractivity contribution in [3.8, 4) is 0 Å². The Morgan fingerprint density at radius 3 is 2.78 bits per heavy atom. The number of nitrogens with zero attached hydrogens (tertiary/aromatic N) is 1. The van der Waals surface area contributed by atoms with Crippen LogP contribution in [-0.4, -0.2) is 10.8 Å². The summed E-state index contributed by atoms with van der Waals surface area (Å²) in [5, 5.41) is 0. The second-order valence-corrected chi connectivity index (χ2v) is 4.94. The predicted octanol–water partition coefficient (Wildman–Crippen LogP) is 3.72.